The first kappa shape index (κ1) is 72.0. The standard InChI is InChI=1S/C109H110/c1-7-13-33-63-107(64-34-14-8-2)97-69-77(75-39-21-19-22-40-75)51-57-83(97)85-59-53-79(71-99(85)107)80-54-60-86-88-62-56-82(74-102(88)109(100(86)72-80,67-37-17-11-5)68-38-18-12-6)104-91-45-27-31-49-95(91)106(96-50-32-28-46-92(96)104)105-93-47-29-25-43-89(93)103(90-44-26-30-48-94(90)105)81-55-61-87-84-58-52-78(76-41-23-20-24-42-76)70-98(84)108(101(87)73-81,65-35-15-9-3)66-36-16-10-4/h19-32,39-62,69-74H,7-18,33-38,63-68H2,1-6H3. The van der Waals surface area contributed by atoms with Crippen LogP contribution in [0.25, 0.3) is 143 Å². The Labute approximate surface area is 651 Å². The van der Waals surface area contributed by atoms with Gasteiger partial charge in [0.15, 0.2) is 0 Å². The molecule has 0 aliphatic heterocycles. The Bertz CT molecular complexity index is 5520. The Morgan fingerprint density at radius 3 is 0.569 bits per heavy atom. The van der Waals surface area contributed by atoms with E-state index in [1.165, 1.54) is 288 Å². The van der Waals surface area contributed by atoms with Crippen LogP contribution in [0.15, 0.2) is 267 Å². The van der Waals surface area contributed by atoms with Crippen LogP contribution in [0, 0.1) is 0 Å². The Kier molecular flexibility index (Phi) is 20.6. The highest BCUT2D eigenvalue weighted by atomic mass is 14.5. The minimum absolute atomic E-state index is 0.0378. The van der Waals surface area contributed by atoms with Crippen molar-refractivity contribution < 1.29 is 0 Å². The number of hydrogen-bond donors (Lipinski definition) is 0. The molecule has 0 saturated carbocycles. The largest absolute Gasteiger partial charge is 0.0654 e. The summed E-state index contributed by atoms with van der Waals surface area (Å²) >= 11 is 0. The van der Waals surface area contributed by atoms with E-state index in [9.17, 15) is 0 Å². The molecule has 0 unspecified atom stereocenters. The van der Waals surface area contributed by atoms with E-state index >= 15 is 0 Å². The minimum atomic E-state index is -0.142. The van der Waals surface area contributed by atoms with Crippen LogP contribution in [0.4, 0.5) is 0 Å². The van der Waals surface area contributed by atoms with Crippen molar-refractivity contribution in [2.24, 2.45) is 0 Å². The summed E-state index contributed by atoms with van der Waals surface area (Å²) in [5.41, 5.74) is 33.5. The molecule has 0 amide bonds. The van der Waals surface area contributed by atoms with Crippen LogP contribution in [-0.2, 0) is 16.2 Å². The van der Waals surface area contributed by atoms with E-state index in [2.05, 4.69) is 308 Å². The quantitative estimate of drug-likeness (QED) is 0.0311. The third-order valence-corrected chi connectivity index (χ3v) is 26.6. The van der Waals surface area contributed by atoms with Crippen LogP contribution in [0.3, 0.4) is 0 Å². The summed E-state index contributed by atoms with van der Waals surface area (Å²) in [5.74, 6) is 0. The van der Waals surface area contributed by atoms with Crippen molar-refractivity contribution >= 4 is 43.1 Å². The summed E-state index contributed by atoms with van der Waals surface area (Å²) < 4.78 is 0. The summed E-state index contributed by atoms with van der Waals surface area (Å²) in [4.78, 5) is 0. The van der Waals surface area contributed by atoms with Crippen LogP contribution < -0.4 is 0 Å². The van der Waals surface area contributed by atoms with Crippen LogP contribution in [0.2, 0.25) is 0 Å². The zero-order valence-electron chi connectivity index (χ0n) is 65.9. The maximum atomic E-state index is 2.72. The van der Waals surface area contributed by atoms with Gasteiger partial charge < -0.3 is 0 Å². The fraction of sp³-hybridized carbons (Fsp3) is 0.303. The zero-order chi connectivity index (χ0) is 74.1. The highest BCUT2D eigenvalue weighted by Gasteiger charge is 2.46. The highest BCUT2D eigenvalue weighted by molar-refractivity contribution is 6.30. The first-order valence-corrected chi connectivity index (χ1v) is 42.7. The Balaban J connectivity index is 0.810. The van der Waals surface area contributed by atoms with Gasteiger partial charge in [0, 0.05) is 16.2 Å². The number of fused-ring (bicyclic) bond motifs is 13. The molecule has 17 rings (SSSR count). The molecule has 0 N–H and O–H groups in total. The lowest BCUT2D eigenvalue weighted by atomic mass is 9.69. The van der Waals surface area contributed by atoms with Crippen molar-refractivity contribution in [1.29, 1.82) is 0 Å². The molecular weight excluding hydrogens is 1310 g/mol. The molecular formula is C109H110. The first-order chi connectivity index (χ1) is 53.8. The molecule has 109 heavy (non-hydrogen) atoms. The van der Waals surface area contributed by atoms with E-state index in [1.54, 1.807) is 16.7 Å². The predicted octanol–water partition coefficient (Wildman–Crippen LogP) is 32.6. The summed E-state index contributed by atoms with van der Waals surface area (Å²) in [6.07, 6.45) is 29.0. The first-order valence-electron chi connectivity index (χ1n) is 42.7. The molecule has 14 aromatic carbocycles. The lowest BCUT2D eigenvalue weighted by molar-refractivity contribution is 0.405. The van der Waals surface area contributed by atoms with Crippen molar-refractivity contribution in [3.63, 3.8) is 0 Å². The Morgan fingerprint density at radius 1 is 0.165 bits per heavy atom. The molecule has 0 atom stereocenters. The third-order valence-electron chi connectivity index (χ3n) is 26.6. The van der Waals surface area contributed by atoms with Gasteiger partial charge in [0.05, 0.1) is 0 Å². The third kappa shape index (κ3) is 12.6. The molecule has 546 valence electrons. The molecule has 0 spiro atoms. The van der Waals surface area contributed by atoms with E-state index in [0.29, 0.717) is 0 Å². The highest BCUT2D eigenvalue weighted by Crippen LogP contribution is 2.61. The molecule has 0 fully saturated rings. The van der Waals surface area contributed by atoms with Gasteiger partial charge in [-0.1, -0.05) is 388 Å². The lowest BCUT2D eigenvalue weighted by Crippen LogP contribution is -2.26. The van der Waals surface area contributed by atoms with Gasteiger partial charge >= 0.3 is 0 Å². The number of hydrogen-bond acceptors (Lipinski definition) is 0. The van der Waals surface area contributed by atoms with Gasteiger partial charge in [-0.25, -0.2) is 0 Å². The molecule has 0 nitrogen and oxygen atoms in total. The van der Waals surface area contributed by atoms with Crippen LogP contribution in [0.5, 0.6) is 0 Å². The van der Waals surface area contributed by atoms with E-state index < -0.39 is 0 Å². The number of benzene rings is 14. The van der Waals surface area contributed by atoms with Gasteiger partial charge in [-0.05, 0) is 252 Å². The number of rotatable bonds is 30. The van der Waals surface area contributed by atoms with E-state index in [0.717, 1.165) is 25.7 Å². The minimum Gasteiger partial charge on any atom is -0.0654 e. The molecule has 0 heteroatoms. The average Bonchev–Trinajstić information content (AvgIpc) is 1.49. The summed E-state index contributed by atoms with van der Waals surface area (Å²) in [5, 5.41) is 10.4. The molecule has 0 heterocycles. The fourth-order valence-electron chi connectivity index (χ4n) is 21.2. The van der Waals surface area contributed by atoms with Crippen molar-refractivity contribution in [3.8, 4) is 100 Å². The van der Waals surface area contributed by atoms with Gasteiger partial charge in [-0.3, -0.25) is 0 Å². The average molecular weight is 1420 g/mol. The molecule has 0 radical (unpaired) electrons. The summed E-state index contributed by atoms with van der Waals surface area (Å²) in [6.45, 7) is 14.2. The fourth-order valence-corrected chi connectivity index (χ4v) is 21.2. The van der Waals surface area contributed by atoms with Crippen molar-refractivity contribution in [2.75, 3.05) is 0 Å². The van der Waals surface area contributed by atoms with Crippen molar-refractivity contribution in [3.05, 3.63) is 300 Å². The second kappa shape index (κ2) is 31.2. The van der Waals surface area contributed by atoms with Gasteiger partial charge in [0.1, 0.15) is 0 Å². The van der Waals surface area contributed by atoms with Gasteiger partial charge in [-0.15, -0.1) is 0 Å². The molecule has 0 saturated heterocycles. The second-order valence-corrected chi connectivity index (χ2v) is 33.0. The van der Waals surface area contributed by atoms with E-state index in [-0.39, 0.29) is 16.2 Å². The van der Waals surface area contributed by atoms with Crippen LogP contribution in [-0.4, -0.2) is 0 Å². The summed E-state index contributed by atoms with van der Waals surface area (Å²) in [6, 6.07) is 106. The second-order valence-electron chi connectivity index (χ2n) is 33.0. The molecule has 14 aromatic rings. The van der Waals surface area contributed by atoms with E-state index in [1.807, 2.05) is 0 Å². The van der Waals surface area contributed by atoms with Crippen molar-refractivity contribution in [1.82, 2.24) is 0 Å². The van der Waals surface area contributed by atoms with Gasteiger partial charge in [0.25, 0.3) is 0 Å². The Morgan fingerprint density at radius 2 is 0.349 bits per heavy atom. The smallest absolute Gasteiger partial charge is 0.0215 e. The van der Waals surface area contributed by atoms with Crippen molar-refractivity contribution in [2.45, 2.75) is 212 Å². The maximum Gasteiger partial charge on any atom is 0.0215 e. The maximum absolute atomic E-state index is 2.72. The Hall–Kier alpha value is -9.88. The molecule has 0 aromatic heterocycles. The topological polar surface area (TPSA) is 0 Å². The normalized spacial score (nSPS) is 14.0. The summed E-state index contributed by atoms with van der Waals surface area (Å²) in [7, 11) is 0. The van der Waals surface area contributed by atoms with Crippen LogP contribution in [0.1, 0.15) is 229 Å². The predicted molar refractivity (Wildman–Crippen MR) is 473 cm³/mol. The van der Waals surface area contributed by atoms with Crippen LogP contribution >= 0.6 is 0 Å². The van der Waals surface area contributed by atoms with Gasteiger partial charge in [0.2, 0.25) is 0 Å². The van der Waals surface area contributed by atoms with Gasteiger partial charge in [-0.2, -0.15) is 0 Å². The molecule has 0 bridgehead atoms. The molecule has 3 aliphatic carbocycles. The SMILES string of the molecule is CCCCCC1(CCCCC)c2cc(-c3ccccc3)ccc2-c2ccc(-c3ccc4c(c3)C(CCCCC)(CCCCC)c3cc(-c5c6ccccc6c(-c6c7ccccc7c(-c7ccc8c(c7)C(CCCCC)(CCCCC)c7cc(-c9ccccc9)ccc7-8)c7ccccc67)c6ccccc56)ccc3-4)cc21. The molecule has 3 aliphatic rings. The lowest BCUT2D eigenvalue weighted by Gasteiger charge is -2.34. The number of unbranched alkanes of at least 4 members (excludes halogenated alkanes) is 12. The van der Waals surface area contributed by atoms with E-state index in [4.69, 9.17) is 0 Å². The monoisotopic (exact) mass is 1420 g/mol. The zero-order valence-corrected chi connectivity index (χ0v) is 65.9.